The van der Waals surface area contributed by atoms with Gasteiger partial charge < -0.3 is 5.32 Å². The van der Waals surface area contributed by atoms with Crippen molar-refractivity contribution in [3.63, 3.8) is 0 Å². The summed E-state index contributed by atoms with van der Waals surface area (Å²) in [7, 11) is 0. The molecular weight excluding hydrogens is 352 g/mol. The van der Waals surface area contributed by atoms with E-state index in [2.05, 4.69) is 16.4 Å². The van der Waals surface area contributed by atoms with E-state index in [1.807, 2.05) is 61.5 Å². The number of carbonyl (C=O) groups is 1. The van der Waals surface area contributed by atoms with Gasteiger partial charge in [-0.2, -0.15) is 0 Å². The summed E-state index contributed by atoms with van der Waals surface area (Å²) in [4.78, 5) is 18.8. The van der Waals surface area contributed by atoms with Gasteiger partial charge in [0.25, 0.3) is 5.91 Å². The predicted molar refractivity (Wildman–Crippen MR) is 104 cm³/mol. The quantitative estimate of drug-likeness (QED) is 0.513. The molecule has 0 bridgehead atoms. The molecule has 0 saturated heterocycles. The lowest BCUT2D eigenvalue weighted by atomic mass is 10.1. The molecule has 2 aromatic carbocycles. The van der Waals surface area contributed by atoms with E-state index in [1.54, 1.807) is 0 Å². The van der Waals surface area contributed by atoms with Crippen LogP contribution in [0.2, 0.25) is 5.02 Å². The highest BCUT2D eigenvalue weighted by molar-refractivity contribution is 7.20. The average molecular weight is 367 g/mol. The number of carbonyl (C=O) groups excluding carboxylic acids is 1. The molecule has 4 aromatic rings. The normalized spacial score (nSPS) is 12.4. The Bertz CT molecular complexity index is 1020. The lowest BCUT2D eigenvalue weighted by Gasteiger charge is -2.13. The van der Waals surface area contributed by atoms with E-state index in [-0.39, 0.29) is 11.9 Å². The van der Waals surface area contributed by atoms with Crippen molar-refractivity contribution >= 4 is 50.0 Å². The molecule has 5 heteroatoms. The van der Waals surface area contributed by atoms with Crippen LogP contribution in [0.4, 0.5) is 0 Å². The molecule has 0 unspecified atom stereocenters. The van der Waals surface area contributed by atoms with Crippen molar-refractivity contribution in [1.29, 1.82) is 0 Å². The number of amides is 1. The van der Waals surface area contributed by atoms with Crippen molar-refractivity contribution in [2.75, 3.05) is 0 Å². The molecule has 0 radical (unpaired) electrons. The fourth-order valence-electron chi connectivity index (χ4n) is 2.79. The van der Waals surface area contributed by atoms with Gasteiger partial charge in [0.15, 0.2) is 0 Å². The maximum atomic E-state index is 12.6. The fourth-order valence-corrected chi connectivity index (χ4v) is 3.84. The van der Waals surface area contributed by atoms with Gasteiger partial charge >= 0.3 is 0 Å². The summed E-state index contributed by atoms with van der Waals surface area (Å²) in [6, 6.07) is 19.4. The van der Waals surface area contributed by atoms with Crippen LogP contribution in [0.3, 0.4) is 0 Å². The van der Waals surface area contributed by atoms with Crippen LogP contribution >= 0.6 is 22.9 Å². The molecule has 4 rings (SSSR count). The smallest absolute Gasteiger partial charge is 0.261 e. The Hall–Kier alpha value is -2.43. The second-order valence-electron chi connectivity index (χ2n) is 5.93. The number of nitrogens with zero attached hydrogens (tertiary/aromatic N) is 1. The Labute approximate surface area is 154 Å². The average Bonchev–Trinajstić information content (AvgIpc) is 3.03. The molecule has 1 atom stereocenters. The summed E-state index contributed by atoms with van der Waals surface area (Å²) in [6.07, 6.45) is 0. The number of pyridine rings is 1. The van der Waals surface area contributed by atoms with E-state index >= 15 is 0 Å². The van der Waals surface area contributed by atoms with Crippen LogP contribution in [0.15, 0.2) is 60.7 Å². The van der Waals surface area contributed by atoms with Crippen molar-refractivity contribution in [2.45, 2.75) is 13.0 Å². The number of hydrogen-bond acceptors (Lipinski definition) is 3. The van der Waals surface area contributed by atoms with Gasteiger partial charge in [-0.3, -0.25) is 4.79 Å². The van der Waals surface area contributed by atoms with E-state index in [4.69, 9.17) is 11.6 Å². The molecule has 0 aliphatic rings. The number of nitrogens with one attached hydrogen (secondary N) is 1. The van der Waals surface area contributed by atoms with Crippen molar-refractivity contribution in [3.05, 3.63) is 76.1 Å². The third kappa shape index (κ3) is 3.23. The highest BCUT2D eigenvalue weighted by Crippen LogP contribution is 2.28. The van der Waals surface area contributed by atoms with Gasteiger partial charge in [-0.1, -0.05) is 41.9 Å². The summed E-state index contributed by atoms with van der Waals surface area (Å²) >= 11 is 7.33. The van der Waals surface area contributed by atoms with Crippen LogP contribution in [-0.4, -0.2) is 10.9 Å². The number of benzene rings is 2. The summed E-state index contributed by atoms with van der Waals surface area (Å²) in [5.41, 5.74) is 1.96. The van der Waals surface area contributed by atoms with Crippen LogP contribution in [0.5, 0.6) is 0 Å². The molecule has 1 N–H and O–H groups in total. The minimum absolute atomic E-state index is 0.0884. The summed E-state index contributed by atoms with van der Waals surface area (Å²) < 4.78 is 0. The molecule has 25 heavy (non-hydrogen) atoms. The van der Waals surface area contributed by atoms with Crippen molar-refractivity contribution < 1.29 is 4.79 Å². The van der Waals surface area contributed by atoms with Crippen LogP contribution in [0.1, 0.15) is 28.2 Å². The zero-order valence-corrected chi connectivity index (χ0v) is 15.1. The van der Waals surface area contributed by atoms with Gasteiger partial charge in [-0.25, -0.2) is 4.98 Å². The number of thiophene rings is 1. The third-order valence-corrected chi connectivity index (χ3v) is 5.45. The molecule has 0 saturated carbocycles. The highest BCUT2D eigenvalue weighted by atomic mass is 35.5. The van der Waals surface area contributed by atoms with Gasteiger partial charge in [0, 0.05) is 15.8 Å². The lowest BCUT2D eigenvalue weighted by Crippen LogP contribution is -2.25. The Kier molecular flexibility index (Phi) is 4.15. The van der Waals surface area contributed by atoms with Gasteiger partial charge in [0.2, 0.25) is 0 Å². The first-order valence-corrected chi connectivity index (χ1v) is 9.15. The number of rotatable bonds is 3. The fraction of sp³-hybridized carbons (Fsp3) is 0.100. The third-order valence-electron chi connectivity index (χ3n) is 4.15. The Morgan fingerprint density at radius 1 is 1.08 bits per heavy atom. The van der Waals surface area contributed by atoms with Gasteiger partial charge in [0.1, 0.15) is 4.83 Å². The van der Waals surface area contributed by atoms with Gasteiger partial charge in [0.05, 0.1) is 16.4 Å². The zero-order valence-electron chi connectivity index (χ0n) is 13.5. The van der Waals surface area contributed by atoms with Gasteiger partial charge in [-0.05, 0) is 42.8 Å². The molecule has 0 aliphatic heterocycles. The summed E-state index contributed by atoms with van der Waals surface area (Å²) in [5.74, 6) is -0.0884. The van der Waals surface area contributed by atoms with E-state index in [0.717, 1.165) is 26.7 Å². The molecule has 0 aliphatic carbocycles. The standard InChI is InChI=1S/C20H15ClN2OS/c1-12(13-6-8-16(21)9-7-13)22-19(24)18-11-15-10-14-4-2-3-5-17(14)23-20(15)25-18/h2-12H,1H3,(H,22,24)/t12-/m0/s1. The first-order valence-electron chi connectivity index (χ1n) is 7.96. The number of aromatic nitrogens is 1. The van der Waals surface area contributed by atoms with Crippen LogP contribution < -0.4 is 5.32 Å². The topological polar surface area (TPSA) is 42.0 Å². The highest BCUT2D eigenvalue weighted by Gasteiger charge is 2.15. The molecular formula is C20H15ClN2OS. The van der Waals surface area contributed by atoms with E-state index in [9.17, 15) is 4.79 Å². The monoisotopic (exact) mass is 366 g/mol. The molecule has 3 nitrogen and oxygen atoms in total. The number of fused-ring (bicyclic) bond motifs is 2. The van der Waals surface area contributed by atoms with Crippen LogP contribution in [0.25, 0.3) is 21.1 Å². The van der Waals surface area contributed by atoms with E-state index in [1.165, 1.54) is 11.3 Å². The lowest BCUT2D eigenvalue weighted by molar-refractivity contribution is 0.0944. The van der Waals surface area contributed by atoms with E-state index < -0.39 is 0 Å². The van der Waals surface area contributed by atoms with Crippen LogP contribution in [-0.2, 0) is 0 Å². The van der Waals surface area contributed by atoms with Crippen molar-refractivity contribution in [3.8, 4) is 0 Å². The number of halogens is 1. The SMILES string of the molecule is C[C@H](NC(=O)c1cc2cc3ccccc3nc2s1)c1ccc(Cl)cc1. The van der Waals surface area contributed by atoms with Crippen molar-refractivity contribution in [1.82, 2.24) is 10.3 Å². The van der Waals surface area contributed by atoms with Crippen molar-refractivity contribution in [2.24, 2.45) is 0 Å². The maximum absolute atomic E-state index is 12.6. The molecule has 2 heterocycles. The summed E-state index contributed by atoms with van der Waals surface area (Å²) in [5, 5.41) is 5.79. The predicted octanol–water partition coefficient (Wildman–Crippen LogP) is 5.59. The van der Waals surface area contributed by atoms with E-state index in [0.29, 0.717) is 9.90 Å². The Morgan fingerprint density at radius 2 is 1.84 bits per heavy atom. The summed E-state index contributed by atoms with van der Waals surface area (Å²) in [6.45, 7) is 1.96. The maximum Gasteiger partial charge on any atom is 0.261 e. The second kappa shape index (κ2) is 6.47. The Balaban J connectivity index is 1.61. The largest absolute Gasteiger partial charge is 0.345 e. The number of hydrogen-bond donors (Lipinski definition) is 1. The second-order valence-corrected chi connectivity index (χ2v) is 7.40. The first kappa shape index (κ1) is 16.1. The molecule has 124 valence electrons. The molecule has 0 fully saturated rings. The minimum atomic E-state index is -0.0954. The molecule has 1 amide bonds. The number of para-hydroxylation sites is 1. The van der Waals surface area contributed by atoms with Gasteiger partial charge in [-0.15, -0.1) is 11.3 Å². The Morgan fingerprint density at radius 3 is 2.64 bits per heavy atom. The zero-order chi connectivity index (χ0) is 17.4. The first-order chi connectivity index (χ1) is 12.1. The molecule has 2 aromatic heterocycles. The molecule has 0 spiro atoms. The minimum Gasteiger partial charge on any atom is -0.345 e. The van der Waals surface area contributed by atoms with Crippen LogP contribution in [0, 0.1) is 0 Å².